The predicted octanol–water partition coefficient (Wildman–Crippen LogP) is -2.38. The second-order valence-electron chi connectivity index (χ2n) is 2.66. The first-order chi connectivity index (χ1) is 7.47. The van der Waals surface area contributed by atoms with Crippen LogP contribution in [0.25, 0.3) is 0 Å². The van der Waals surface area contributed by atoms with Gasteiger partial charge in [0.2, 0.25) is 0 Å². The fourth-order valence-electron chi connectivity index (χ4n) is 1.04. The summed E-state index contributed by atoms with van der Waals surface area (Å²) in [6.07, 6.45) is 0. The van der Waals surface area contributed by atoms with E-state index in [1.54, 1.807) is 0 Å². The number of rotatable bonds is 3. The molecular formula is C8H6NNaO6S. The van der Waals surface area contributed by atoms with Crippen molar-refractivity contribution in [2.75, 3.05) is 7.11 Å². The van der Waals surface area contributed by atoms with Crippen LogP contribution in [0.5, 0.6) is 0 Å². The van der Waals surface area contributed by atoms with Gasteiger partial charge in [-0.3, -0.25) is 14.3 Å². The molecule has 0 aromatic heterocycles. The zero-order chi connectivity index (χ0) is 12.3. The van der Waals surface area contributed by atoms with Gasteiger partial charge in [-0.2, -0.15) is 0 Å². The van der Waals surface area contributed by atoms with Crippen LogP contribution >= 0.6 is 0 Å². The van der Waals surface area contributed by atoms with Gasteiger partial charge in [-0.05, 0) is 17.1 Å². The third-order valence-electron chi connectivity index (χ3n) is 1.76. The van der Waals surface area contributed by atoms with Crippen LogP contribution in [0, 0.1) is 10.1 Å². The van der Waals surface area contributed by atoms with E-state index in [1.807, 2.05) is 0 Å². The summed E-state index contributed by atoms with van der Waals surface area (Å²) in [5.74, 6) is -0.867. The van der Waals surface area contributed by atoms with Gasteiger partial charge < -0.3 is 9.29 Å². The topological polar surface area (TPSA) is 110 Å². The summed E-state index contributed by atoms with van der Waals surface area (Å²) in [6.45, 7) is 0. The molecular weight excluding hydrogens is 261 g/mol. The van der Waals surface area contributed by atoms with Gasteiger partial charge in [0, 0.05) is 17.0 Å². The van der Waals surface area contributed by atoms with E-state index in [0.717, 1.165) is 25.3 Å². The second-order valence-corrected chi connectivity index (χ2v) is 3.57. The van der Waals surface area contributed by atoms with Crippen LogP contribution in [0.3, 0.4) is 0 Å². The van der Waals surface area contributed by atoms with Crippen LogP contribution in [0.15, 0.2) is 23.1 Å². The minimum absolute atomic E-state index is 0. The average Bonchev–Trinajstić information content (AvgIpc) is 2.26. The van der Waals surface area contributed by atoms with Crippen molar-refractivity contribution in [2.45, 2.75) is 4.90 Å². The third kappa shape index (κ3) is 3.86. The van der Waals surface area contributed by atoms with E-state index in [9.17, 15) is 23.7 Å². The summed E-state index contributed by atoms with van der Waals surface area (Å²) in [5, 5.41) is 10.4. The summed E-state index contributed by atoms with van der Waals surface area (Å²) < 4.78 is 25.9. The number of carbonyl (C=O) groups excluding carboxylic acids is 1. The van der Waals surface area contributed by atoms with Gasteiger partial charge in [-0.1, -0.05) is 0 Å². The molecule has 0 aliphatic rings. The van der Waals surface area contributed by atoms with Crippen molar-refractivity contribution in [3.05, 3.63) is 33.9 Å². The molecule has 9 heteroatoms. The fourth-order valence-corrected chi connectivity index (χ4v) is 1.59. The Kier molecular flexibility index (Phi) is 6.50. The van der Waals surface area contributed by atoms with Crippen LogP contribution in [-0.4, -0.2) is 26.8 Å². The number of nitro benzene ring substituents is 1. The normalized spacial score (nSPS) is 11.2. The van der Waals surface area contributed by atoms with Crippen molar-refractivity contribution in [1.29, 1.82) is 0 Å². The van der Waals surface area contributed by atoms with Crippen LogP contribution < -0.4 is 29.6 Å². The standard InChI is InChI=1S/C8H7NO6S.Na/c1-15-8(10)6-3-2-5(9(11)12)4-7(6)16(13)14;/h2-4H,1H3,(H,13,14);/q;+1/p-1. The van der Waals surface area contributed by atoms with Gasteiger partial charge in [-0.15, -0.1) is 0 Å². The number of esters is 1. The molecule has 0 radical (unpaired) electrons. The first-order valence-electron chi connectivity index (χ1n) is 3.93. The number of benzene rings is 1. The van der Waals surface area contributed by atoms with Gasteiger partial charge in [0.1, 0.15) is 0 Å². The number of carbonyl (C=O) groups is 1. The summed E-state index contributed by atoms with van der Waals surface area (Å²) in [5.41, 5.74) is -0.645. The Morgan fingerprint density at radius 3 is 2.47 bits per heavy atom. The van der Waals surface area contributed by atoms with Crippen molar-refractivity contribution in [3.63, 3.8) is 0 Å². The maximum absolute atomic E-state index is 11.2. The molecule has 0 bridgehead atoms. The minimum atomic E-state index is -2.74. The molecule has 0 heterocycles. The number of methoxy groups -OCH3 is 1. The zero-order valence-corrected chi connectivity index (χ0v) is 11.9. The Morgan fingerprint density at radius 2 is 2.06 bits per heavy atom. The van der Waals surface area contributed by atoms with Crippen LogP contribution in [0.4, 0.5) is 5.69 Å². The molecule has 0 aliphatic heterocycles. The van der Waals surface area contributed by atoms with E-state index in [0.29, 0.717) is 0 Å². The molecule has 0 saturated heterocycles. The van der Waals surface area contributed by atoms with E-state index in [4.69, 9.17) is 0 Å². The Hall–Kier alpha value is -0.800. The largest absolute Gasteiger partial charge is 1.00 e. The third-order valence-corrected chi connectivity index (χ3v) is 2.46. The molecule has 0 spiro atoms. The van der Waals surface area contributed by atoms with Crippen molar-refractivity contribution >= 4 is 22.7 Å². The minimum Gasteiger partial charge on any atom is -0.768 e. The molecule has 0 aliphatic carbocycles. The molecule has 1 atom stereocenters. The monoisotopic (exact) mass is 267 g/mol. The summed E-state index contributed by atoms with van der Waals surface area (Å²) in [4.78, 5) is 20.4. The van der Waals surface area contributed by atoms with Crippen molar-refractivity contribution in [1.82, 2.24) is 0 Å². The van der Waals surface area contributed by atoms with E-state index < -0.39 is 32.6 Å². The van der Waals surface area contributed by atoms with E-state index in [2.05, 4.69) is 4.74 Å². The molecule has 17 heavy (non-hydrogen) atoms. The Labute approximate surface area is 121 Å². The molecule has 1 rings (SSSR count). The molecule has 86 valence electrons. The fraction of sp³-hybridized carbons (Fsp3) is 0.125. The van der Waals surface area contributed by atoms with E-state index in [-0.39, 0.29) is 35.1 Å². The molecule has 1 unspecified atom stereocenters. The molecule has 0 saturated carbocycles. The van der Waals surface area contributed by atoms with Crippen molar-refractivity contribution in [3.8, 4) is 0 Å². The quantitative estimate of drug-likeness (QED) is 0.199. The number of hydrogen-bond acceptors (Lipinski definition) is 6. The Morgan fingerprint density at radius 1 is 1.47 bits per heavy atom. The first kappa shape index (κ1) is 16.2. The van der Waals surface area contributed by atoms with Gasteiger partial charge in [0.15, 0.2) is 0 Å². The van der Waals surface area contributed by atoms with Crippen molar-refractivity contribution < 1.29 is 52.8 Å². The number of non-ortho nitro benzene ring substituents is 1. The second kappa shape index (κ2) is 6.82. The van der Waals surface area contributed by atoms with Crippen LogP contribution in [-0.2, 0) is 15.8 Å². The maximum atomic E-state index is 11.2. The smallest absolute Gasteiger partial charge is 0.768 e. The number of nitrogens with zero attached hydrogens (tertiary/aromatic N) is 1. The van der Waals surface area contributed by atoms with Crippen LogP contribution in [0.1, 0.15) is 10.4 Å². The summed E-state index contributed by atoms with van der Waals surface area (Å²) in [7, 11) is 1.08. The average molecular weight is 267 g/mol. The predicted molar refractivity (Wildman–Crippen MR) is 51.6 cm³/mol. The molecule has 0 fully saturated rings. The summed E-state index contributed by atoms with van der Waals surface area (Å²) >= 11 is -2.74. The van der Waals surface area contributed by atoms with Gasteiger partial charge in [0.25, 0.3) is 5.69 Å². The van der Waals surface area contributed by atoms with Gasteiger partial charge >= 0.3 is 35.5 Å². The van der Waals surface area contributed by atoms with Gasteiger partial charge in [0.05, 0.1) is 17.6 Å². The van der Waals surface area contributed by atoms with E-state index in [1.165, 1.54) is 0 Å². The van der Waals surface area contributed by atoms with Gasteiger partial charge in [-0.25, -0.2) is 4.79 Å². The SMILES string of the molecule is COC(=O)c1ccc([N+](=O)[O-])cc1S(=O)[O-].[Na+]. The number of ether oxygens (including phenoxy) is 1. The molecule has 0 amide bonds. The summed E-state index contributed by atoms with van der Waals surface area (Å²) in [6, 6.07) is 2.87. The van der Waals surface area contributed by atoms with Crippen molar-refractivity contribution in [2.24, 2.45) is 0 Å². The van der Waals surface area contributed by atoms with E-state index >= 15 is 0 Å². The zero-order valence-electron chi connectivity index (χ0n) is 9.04. The molecule has 1 aromatic carbocycles. The number of nitro groups is 1. The molecule has 1 aromatic rings. The number of hydrogen-bond donors (Lipinski definition) is 0. The Bertz CT molecular complexity index is 477. The molecule has 7 nitrogen and oxygen atoms in total. The maximum Gasteiger partial charge on any atom is 1.00 e. The Balaban J connectivity index is 0.00000256. The first-order valence-corrected chi connectivity index (χ1v) is 5.01. The van der Waals surface area contributed by atoms with Crippen LogP contribution in [0.2, 0.25) is 0 Å². The molecule has 0 N–H and O–H groups in total.